The molecule has 0 aliphatic heterocycles. The van der Waals surface area contributed by atoms with Crippen molar-refractivity contribution in [2.45, 2.75) is 31.0 Å². The Morgan fingerprint density at radius 1 is 1.12 bits per heavy atom. The van der Waals surface area contributed by atoms with E-state index in [0.29, 0.717) is 18.2 Å². The zero-order valence-electron chi connectivity index (χ0n) is 14.6. The van der Waals surface area contributed by atoms with Gasteiger partial charge in [0.05, 0.1) is 0 Å². The van der Waals surface area contributed by atoms with Crippen LogP contribution in [0.3, 0.4) is 0 Å². The predicted molar refractivity (Wildman–Crippen MR) is 107 cm³/mol. The first-order chi connectivity index (χ1) is 12.7. The topological polar surface area (TPSA) is 39.9 Å². The van der Waals surface area contributed by atoms with Gasteiger partial charge in [0, 0.05) is 17.3 Å². The van der Waals surface area contributed by atoms with Gasteiger partial charge in [-0.1, -0.05) is 59.3 Å². The van der Waals surface area contributed by atoms with Crippen LogP contribution in [-0.4, -0.2) is 14.8 Å². The number of aryl methyl sites for hydroxylation is 1. The Hall–Kier alpha value is -2.24. The molecule has 3 rings (SSSR count). The van der Waals surface area contributed by atoms with Crippen molar-refractivity contribution >= 4 is 23.4 Å². The van der Waals surface area contributed by atoms with E-state index in [-0.39, 0.29) is 0 Å². The first kappa shape index (κ1) is 18.5. The van der Waals surface area contributed by atoms with Crippen LogP contribution in [0, 0.1) is 6.92 Å². The van der Waals surface area contributed by atoms with Crippen LogP contribution < -0.4 is 4.74 Å². The second-order valence-electron chi connectivity index (χ2n) is 5.81. The molecule has 0 fully saturated rings. The van der Waals surface area contributed by atoms with Crippen molar-refractivity contribution in [3.63, 3.8) is 0 Å². The molecule has 0 bridgehead atoms. The Morgan fingerprint density at radius 3 is 2.54 bits per heavy atom. The Kier molecular flexibility index (Phi) is 6.36. The minimum atomic E-state index is 0.341. The number of thioether (sulfide) groups is 1. The van der Waals surface area contributed by atoms with E-state index >= 15 is 0 Å². The smallest absolute Gasteiger partial charge is 0.191 e. The maximum absolute atomic E-state index is 5.90. The highest BCUT2D eigenvalue weighted by atomic mass is 35.5. The highest BCUT2D eigenvalue weighted by Gasteiger charge is 2.12. The molecule has 3 aromatic rings. The van der Waals surface area contributed by atoms with E-state index in [2.05, 4.69) is 48.0 Å². The normalized spacial score (nSPS) is 10.7. The van der Waals surface area contributed by atoms with Gasteiger partial charge in [-0.05, 0) is 36.8 Å². The molecule has 4 nitrogen and oxygen atoms in total. The van der Waals surface area contributed by atoms with Crippen LogP contribution in [0.1, 0.15) is 17.0 Å². The maximum Gasteiger partial charge on any atom is 0.191 e. The van der Waals surface area contributed by atoms with Crippen molar-refractivity contribution in [3.05, 3.63) is 83.2 Å². The third kappa shape index (κ3) is 4.90. The third-order valence-electron chi connectivity index (χ3n) is 3.78. The molecule has 1 aromatic heterocycles. The highest BCUT2D eigenvalue weighted by Crippen LogP contribution is 2.23. The zero-order valence-corrected chi connectivity index (χ0v) is 16.1. The summed E-state index contributed by atoms with van der Waals surface area (Å²) >= 11 is 7.56. The van der Waals surface area contributed by atoms with Crippen molar-refractivity contribution in [1.29, 1.82) is 0 Å². The van der Waals surface area contributed by atoms with Crippen LogP contribution >= 0.6 is 23.4 Å². The van der Waals surface area contributed by atoms with Gasteiger partial charge < -0.3 is 4.74 Å². The van der Waals surface area contributed by atoms with Crippen molar-refractivity contribution < 1.29 is 4.74 Å². The van der Waals surface area contributed by atoms with Crippen molar-refractivity contribution in [3.8, 4) is 5.75 Å². The lowest BCUT2D eigenvalue weighted by Crippen LogP contribution is -2.07. The van der Waals surface area contributed by atoms with Gasteiger partial charge in [0.2, 0.25) is 0 Å². The van der Waals surface area contributed by atoms with Crippen molar-refractivity contribution in [2.24, 2.45) is 0 Å². The summed E-state index contributed by atoms with van der Waals surface area (Å²) in [7, 11) is 0. The second kappa shape index (κ2) is 8.92. The molecule has 0 radical (unpaired) electrons. The van der Waals surface area contributed by atoms with E-state index in [1.807, 2.05) is 22.8 Å². The molecule has 0 N–H and O–H groups in total. The molecule has 0 unspecified atom stereocenters. The van der Waals surface area contributed by atoms with Gasteiger partial charge in [0.25, 0.3) is 0 Å². The number of ether oxygens (including phenoxy) is 1. The van der Waals surface area contributed by atoms with Crippen LogP contribution in [0.25, 0.3) is 0 Å². The predicted octanol–water partition coefficient (Wildman–Crippen LogP) is 5.30. The minimum absolute atomic E-state index is 0.341. The third-order valence-corrected chi connectivity index (χ3v) is 5.07. The van der Waals surface area contributed by atoms with Gasteiger partial charge >= 0.3 is 0 Å². The molecule has 0 spiro atoms. The van der Waals surface area contributed by atoms with E-state index in [1.54, 1.807) is 23.9 Å². The molecule has 134 valence electrons. The van der Waals surface area contributed by atoms with E-state index in [4.69, 9.17) is 16.3 Å². The summed E-state index contributed by atoms with van der Waals surface area (Å²) in [5.74, 6) is 2.36. The average molecular weight is 386 g/mol. The minimum Gasteiger partial charge on any atom is -0.486 e. The summed E-state index contributed by atoms with van der Waals surface area (Å²) < 4.78 is 7.83. The Labute approximate surface area is 162 Å². The average Bonchev–Trinajstić information content (AvgIpc) is 3.03. The molecule has 0 saturated heterocycles. The van der Waals surface area contributed by atoms with Crippen LogP contribution in [-0.2, 0) is 18.9 Å². The molecule has 0 saturated carbocycles. The Bertz CT molecular complexity index is 793. The molecule has 0 atom stereocenters. The number of halogens is 1. The summed E-state index contributed by atoms with van der Waals surface area (Å²) in [6.45, 7) is 6.90. The van der Waals surface area contributed by atoms with Gasteiger partial charge in [-0.2, -0.15) is 0 Å². The lowest BCUT2D eigenvalue weighted by Gasteiger charge is -2.09. The fourth-order valence-corrected chi connectivity index (χ4v) is 3.40. The molecule has 6 heteroatoms. The first-order valence-corrected chi connectivity index (χ1v) is 9.62. The number of aromatic nitrogens is 3. The number of rotatable bonds is 8. The standard InChI is InChI=1S/C20H20ClN3OS/c1-3-12-24-19(13-25-18-10-8-17(21)9-11-18)22-23-20(24)26-14-16-6-4-15(2)5-7-16/h3-11H,1,12-14H2,2H3. The number of nitrogens with zero attached hydrogens (tertiary/aromatic N) is 3. The fraction of sp³-hybridized carbons (Fsp3) is 0.200. The molecule has 0 amide bonds. The van der Waals surface area contributed by atoms with E-state index in [0.717, 1.165) is 22.5 Å². The van der Waals surface area contributed by atoms with Crippen LogP contribution in [0.2, 0.25) is 5.02 Å². The maximum atomic E-state index is 5.90. The van der Waals surface area contributed by atoms with Crippen LogP contribution in [0.4, 0.5) is 0 Å². The Balaban J connectivity index is 1.67. The quantitative estimate of drug-likeness (QED) is 0.390. The number of allylic oxidation sites excluding steroid dienone is 1. The molecule has 0 aliphatic carbocycles. The summed E-state index contributed by atoms with van der Waals surface area (Å²) in [6.07, 6.45) is 1.84. The van der Waals surface area contributed by atoms with Gasteiger partial charge in [-0.25, -0.2) is 0 Å². The lowest BCUT2D eigenvalue weighted by atomic mass is 10.2. The fourth-order valence-electron chi connectivity index (χ4n) is 2.36. The van der Waals surface area contributed by atoms with Gasteiger partial charge in [-0.15, -0.1) is 16.8 Å². The molecule has 2 aromatic carbocycles. The van der Waals surface area contributed by atoms with E-state index < -0.39 is 0 Å². The summed E-state index contributed by atoms with van der Waals surface area (Å²) in [4.78, 5) is 0. The summed E-state index contributed by atoms with van der Waals surface area (Å²) in [6, 6.07) is 15.8. The zero-order chi connectivity index (χ0) is 18.4. The summed E-state index contributed by atoms with van der Waals surface area (Å²) in [5.41, 5.74) is 2.52. The highest BCUT2D eigenvalue weighted by molar-refractivity contribution is 7.98. The molecular formula is C20H20ClN3OS. The van der Waals surface area contributed by atoms with Crippen molar-refractivity contribution in [2.75, 3.05) is 0 Å². The summed E-state index contributed by atoms with van der Waals surface area (Å²) in [5, 5.41) is 10.2. The Morgan fingerprint density at radius 2 is 1.85 bits per heavy atom. The van der Waals surface area contributed by atoms with Gasteiger partial charge in [-0.3, -0.25) is 4.57 Å². The first-order valence-electron chi connectivity index (χ1n) is 8.25. The lowest BCUT2D eigenvalue weighted by molar-refractivity contribution is 0.289. The number of hydrogen-bond acceptors (Lipinski definition) is 4. The molecular weight excluding hydrogens is 366 g/mol. The van der Waals surface area contributed by atoms with Crippen LogP contribution in [0.5, 0.6) is 5.75 Å². The van der Waals surface area contributed by atoms with Crippen LogP contribution in [0.15, 0.2) is 66.3 Å². The second-order valence-corrected chi connectivity index (χ2v) is 7.19. The SMILES string of the molecule is C=CCn1c(COc2ccc(Cl)cc2)nnc1SCc1ccc(C)cc1. The van der Waals surface area contributed by atoms with E-state index in [9.17, 15) is 0 Å². The number of benzene rings is 2. The number of hydrogen-bond donors (Lipinski definition) is 0. The molecule has 0 aliphatic rings. The largest absolute Gasteiger partial charge is 0.486 e. The van der Waals surface area contributed by atoms with Gasteiger partial charge in [0.15, 0.2) is 11.0 Å². The van der Waals surface area contributed by atoms with Crippen molar-refractivity contribution in [1.82, 2.24) is 14.8 Å². The van der Waals surface area contributed by atoms with Gasteiger partial charge in [0.1, 0.15) is 12.4 Å². The molecule has 1 heterocycles. The van der Waals surface area contributed by atoms with E-state index in [1.165, 1.54) is 11.1 Å². The monoisotopic (exact) mass is 385 g/mol. The molecule has 26 heavy (non-hydrogen) atoms.